The third-order valence-electron chi connectivity index (χ3n) is 3.23. The van der Waals surface area contributed by atoms with Gasteiger partial charge in [-0.1, -0.05) is 11.6 Å². The van der Waals surface area contributed by atoms with Crippen LogP contribution in [0.2, 0.25) is 5.02 Å². The maximum atomic E-state index is 6.01. The summed E-state index contributed by atoms with van der Waals surface area (Å²) in [6, 6.07) is 3.88. The van der Waals surface area contributed by atoms with Crippen LogP contribution in [0.5, 0.6) is 0 Å². The average molecular weight is 437 g/mol. The molecule has 0 aliphatic carbocycles. The van der Waals surface area contributed by atoms with Gasteiger partial charge in [0.15, 0.2) is 5.96 Å². The van der Waals surface area contributed by atoms with E-state index in [4.69, 9.17) is 11.6 Å². The fourth-order valence-corrected chi connectivity index (χ4v) is 2.41. The van der Waals surface area contributed by atoms with E-state index < -0.39 is 0 Å². The van der Waals surface area contributed by atoms with E-state index in [0.717, 1.165) is 36.3 Å². The Balaban J connectivity index is 0.00000242. The quantitative estimate of drug-likeness (QED) is 0.444. The highest BCUT2D eigenvalue weighted by molar-refractivity contribution is 14.0. The Labute approximate surface area is 153 Å². The summed E-state index contributed by atoms with van der Waals surface area (Å²) in [4.78, 5) is 6.36. The number of aryl methyl sites for hydroxylation is 1. The molecule has 2 aromatic rings. The number of aromatic nitrogens is 3. The molecule has 6 nitrogen and oxygen atoms in total. The number of rotatable bonds is 5. The van der Waals surface area contributed by atoms with Gasteiger partial charge in [0.25, 0.3) is 0 Å². The van der Waals surface area contributed by atoms with Crippen molar-refractivity contribution in [2.45, 2.75) is 13.1 Å². The minimum atomic E-state index is 0. The van der Waals surface area contributed by atoms with Crippen molar-refractivity contribution in [3.63, 3.8) is 0 Å². The molecule has 0 bridgehead atoms. The third-order valence-corrected chi connectivity index (χ3v) is 3.44. The van der Waals surface area contributed by atoms with Crippen LogP contribution >= 0.6 is 35.6 Å². The van der Waals surface area contributed by atoms with E-state index in [9.17, 15) is 0 Å². The lowest BCUT2D eigenvalue weighted by molar-refractivity contribution is 0.457. The number of nitrogens with one attached hydrogen (secondary N) is 1. The van der Waals surface area contributed by atoms with Gasteiger partial charge in [0.1, 0.15) is 0 Å². The molecule has 0 unspecified atom stereocenters. The largest absolute Gasteiger partial charge is 0.354 e. The van der Waals surface area contributed by atoms with Gasteiger partial charge < -0.3 is 14.8 Å². The van der Waals surface area contributed by atoms with Gasteiger partial charge in [-0.25, -0.2) is 0 Å². The first-order chi connectivity index (χ1) is 10.1. The number of hydrogen-bond acceptors (Lipinski definition) is 2. The minimum Gasteiger partial charge on any atom is -0.354 e. The van der Waals surface area contributed by atoms with Crippen LogP contribution in [0.15, 0.2) is 35.7 Å². The predicted octanol–water partition coefficient (Wildman–Crippen LogP) is 2.20. The molecule has 8 heteroatoms. The number of nitrogens with zero attached hydrogens (tertiary/aromatic N) is 5. The molecule has 0 aliphatic heterocycles. The number of halogens is 2. The molecule has 22 heavy (non-hydrogen) atoms. The molecule has 2 aromatic heterocycles. The van der Waals surface area contributed by atoms with Gasteiger partial charge >= 0.3 is 0 Å². The summed E-state index contributed by atoms with van der Waals surface area (Å²) >= 11 is 6.01. The van der Waals surface area contributed by atoms with Crippen molar-refractivity contribution in [2.75, 3.05) is 20.6 Å². The monoisotopic (exact) mass is 436 g/mol. The Kier molecular flexibility index (Phi) is 7.74. The van der Waals surface area contributed by atoms with Crippen molar-refractivity contribution < 1.29 is 0 Å². The van der Waals surface area contributed by atoms with Crippen molar-refractivity contribution in [3.05, 3.63) is 41.4 Å². The van der Waals surface area contributed by atoms with Gasteiger partial charge in [0.05, 0.1) is 18.1 Å². The van der Waals surface area contributed by atoms with E-state index in [1.54, 1.807) is 13.2 Å². The van der Waals surface area contributed by atoms with Crippen LogP contribution in [-0.4, -0.2) is 45.8 Å². The summed E-state index contributed by atoms with van der Waals surface area (Å²) in [6.45, 7) is 2.31. The smallest absolute Gasteiger partial charge is 0.193 e. The van der Waals surface area contributed by atoms with Crippen LogP contribution in [0.1, 0.15) is 5.69 Å². The van der Waals surface area contributed by atoms with Crippen molar-refractivity contribution in [3.8, 4) is 0 Å². The number of aliphatic imine (C=N–C) groups is 1. The van der Waals surface area contributed by atoms with Crippen molar-refractivity contribution in [1.82, 2.24) is 24.6 Å². The lowest BCUT2D eigenvalue weighted by Crippen LogP contribution is -2.40. The molecule has 122 valence electrons. The second kappa shape index (κ2) is 9.04. The Morgan fingerprint density at radius 2 is 2.27 bits per heavy atom. The highest BCUT2D eigenvalue weighted by Gasteiger charge is 2.09. The fourth-order valence-electron chi connectivity index (χ4n) is 2.14. The van der Waals surface area contributed by atoms with Gasteiger partial charge in [-0.05, 0) is 12.1 Å². The molecule has 0 atom stereocenters. The van der Waals surface area contributed by atoms with Crippen LogP contribution < -0.4 is 5.32 Å². The Morgan fingerprint density at radius 3 is 2.82 bits per heavy atom. The van der Waals surface area contributed by atoms with E-state index >= 15 is 0 Å². The zero-order chi connectivity index (χ0) is 15.2. The highest BCUT2D eigenvalue weighted by atomic mass is 127. The molecule has 1 N–H and O–H groups in total. The summed E-state index contributed by atoms with van der Waals surface area (Å²) in [5.74, 6) is 0.847. The molecule has 0 aromatic carbocycles. The Bertz CT molecular complexity index is 593. The molecule has 0 fully saturated rings. The molecule has 2 heterocycles. The first-order valence-corrected chi connectivity index (χ1v) is 7.18. The van der Waals surface area contributed by atoms with Crippen LogP contribution in [-0.2, 0) is 20.1 Å². The molecule has 0 saturated carbocycles. The SMILES string of the molecule is CN=C(NCCn1cccn1)N(C)Cc1cc(Cl)cn1C.I. The van der Waals surface area contributed by atoms with E-state index in [0.29, 0.717) is 0 Å². The Morgan fingerprint density at radius 1 is 1.50 bits per heavy atom. The van der Waals surface area contributed by atoms with Gasteiger partial charge in [0, 0.05) is 52.0 Å². The maximum absolute atomic E-state index is 6.01. The summed E-state index contributed by atoms with van der Waals surface area (Å²) in [5, 5.41) is 8.25. The summed E-state index contributed by atoms with van der Waals surface area (Å²) in [6.07, 6.45) is 5.62. The molecular formula is C14H22ClIN6. The zero-order valence-electron chi connectivity index (χ0n) is 13.0. The number of hydrogen-bond donors (Lipinski definition) is 1. The van der Waals surface area contributed by atoms with Crippen molar-refractivity contribution >= 4 is 41.5 Å². The van der Waals surface area contributed by atoms with Gasteiger partial charge in [-0.15, -0.1) is 24.0 Å². The average Bonchev–Trinajstić information content (AvgIpc) is 3.05. The molecule has 0 spiro atoms. The van der Waals surface area contributed by atoms with Crippen LogP contribution in [0.4, 0.5) is 0 Å². The molecule has 0 aliphatic rings. The van der Waals surface area contributed by atoms with Crippen LogP contribution in [0.3, 0.4) is 0 Å². The van der Waals surface area contributed by atoms with E-state index in [1.165, 1.54) is 0 Å². The van der Waals surface area contributed by atoms with Crippen molar-refractivity contribution in [2.24, 2.45) is 12.0 Å². The van der Waals surface area contributed by atoms with E-state index in [1.807, 2.05) is 47.9 Å². The molecule has 0 radical (unpaired) electrons. The third kappa shape index (κ3) is 5.20. The highest BCUT2D eigenvalue weighted by Crippen LogP contribution is 2.14. The second-order valence-electron chi connectivity index (χ2n) is 4.86. The maximum Gasteiger partial charge on any atom is 0.193 e. The predicted molar refractivity (Wildman–Crippen MR) is 101 cm³/mol. The lowest BCUT2D eigenvalue weighted by atomic mass is 10.4. The lowest BCUT2D eigenvalue weighted by Gasteiger charge is -2.22. The standard InChI is InChI=1S/C14H21ClN6.HI/c1-16-14(17-6-8-21-7-4-5-18-21)20(3)11-13-9-12(15)10-19(13)2;/h4-5,7,9-10H,6,8,11H2,1-3H3,(H,16,17);1H. The van der Waals surface area contributed by atoms with Gasteiger partial charge in [-0.2, -0.15) is 5.10 Å². The van der Waals surface area contributed by atoms with Gasteiger partial charge in [-0.3, -0.25) is 9.67 Å². The molecule has 0 saturated heterocycles. The molecule has 2 rings (SSSR count). The summed E-state index contributed by atoms with van der Waals surface area (Å²) in [7, 11) is 5.78. The fraction of sp³-hybridized carbons (Fsp3) is 0.429. The first kappa shape index (κ1) is 18.8. The van der Waals surface area contributed by atoms with E-state index in [2.05, 4.69) is 20.3 Å². The summed E-state index contributed by atoms with van der Waals surface area (Å²) < 4.78 is 3.91. The van der Waals surface area contributed by atoms with E-state index in [-0.39, 0.29) is 24.0 Å². The van der Waals surface area contributed by atoms with Gasteiger partial charge in [0.2, 0.25) is 0 Å². The topological polar surface area (TPSA) is 50.4 Å². The first-order valence-electron chi connectivity index (χ1n) is 6.80. The second-order valence-corrected chi connectivity index (χ2v) is 5.30. The van der Waals surface area contributed by atoms with Crippen LogP contribution in [0.25, 0.3) is 0 Å². The van der Waals surface area contributed by atoms with Crippen LogP contribution in [0, 0.1) is 0 Å². The minimum absolute atomic E-state index is 0. The van der Waals surface area contributed by atoms with Crippen molar-refractivity contribution in [1.29, 1.82) is 0 Å². The number of guanidine groups is 1. The molecular weight excluding hydrogens is 415 g/mol. The molecule has 0 amide bonds. The normalized spacial score (nSPS) is 11.2. The summed E-state index contributed by atoms with van der Waals surface area (Å²) in [5.41, 5.74) is 1.14. The zero-order valence-corrected chi connectivity index (χ0v) is 16.1. The Hall–Kier alpha value is -1.22.